The van der Waals surface area contributed by atoms with Gasteiger partial charge in [0.05, 0.1) is 7.05 Å². The molecule has 0 aromatic rings. The van der Waals surface area contributed by atoms with Crippen LogP contribution in [0.1, 0.15) is 0 Å². The summed E-state index contributed by atoms with van der Waals surface area (Å²) in [6, 6.07) is 0. The third kappa shape index (κ3) is 8.93. The van der Waals surface area contributed by atoms with Gasteiger partial charge in [0.1, 0.15) is 6.54 Å². The van der Waals surface area contributed by atoms with Crippen molar-refractivity contribution in [3.63, 3.8) is 0 Å². The number of carbonyl (C=O) groups excluding carboxylic acids is 1. The van der Waals surface area contributed by atoms with Crippen molar-refractivity contribution in [1.82, 2.24) is 0 Å². The molecule has 6 heavy (non-hydrogen) atoms. The fourth-order valence-electron chi connectivity index (χ4n) is 0.0962. The van der Waals surface area contributed by atoms with E-state index in [-0.39, 0.29) is 17.0 Å². The van der Waals surface area contributed by atoms with Crippen molar-refractivity contribution in [2.45, 2.75) is 0 Å². The molecule has 0 aliphatic heterocycles. The van der Waals surface area contributed by atoms with Gasteiger partial charge in [-0.05, 0) is 0 Å². The lowest BCUT2D eigenvalue weighted by atomic mass is 10.7. The topological polar surface area (TPSA) is 33.7 Å². The minimum absolute atomic E-state index is 0. The van der Waals surface area contributed by atoms with Crippen LogP contribution in [0.5, 0.6) is 0 Å². The summed E-state index contributed by atoms with van der Waals surface area (Å²) < 4.78 is 0. The lowest BCUT2D eigenvalue weighted by Gasteiger charge is -1.73. The minimum Gasteiger partial charge on any atom is -1.00 e. The predicted molar refractivity (Wildman–Crippen MR) is 18.8 cm³/mol. The van der Waals surface area contributed by atoms with Crippen LogP contribution >= 0.6 is 0 Å². The highest BCUT2D eigenvalue weighted by Crippen LogP contribution is 1.16. The molecule has 2 N–H and O–H groups in total. The minimum atomic E-state index is 0. The van der Waals surface area contributed by atoms with Gasteiger partial charge in [0, 0.05) is 0 Å². The van der Waals surface area contributed by atoms with Gasteiger partial charge in [0.25, 0.3) is 0 Å². The fourth-order valence-corrected chi connectivity index (χ4v) is 0.0962. The maximum absolute atomic E-state index is 9.37. The second-order valence-corrected chi connectivity index (χ2v) is 0.811. The summed E-state index contributed by atoms with van der Waals surface area (Å²) in [7, 11) is 1.86. The summed E-state index contributed by atoms with van der Waals surface area (Å²) in [5, 5.41) is 1.81. The van der Waals surface area contributed by atoms with E-state index in [0.717, 1.165) is 6.29 Å². The Labute approximate surface area is 47.7 Å². The number of quaternary nitrogens is 1. The normalized spacial score (nSPS) is 6.17. The molecule has 0 aromatic carbocycles. The largest absolute Gasteiger partial charge is 1.00 e. The molecule has 0 aliphatic rings. The van der Waals surface area contributed by atoms with E-state index in [1.54, 1.807) is 0 Å². The van der Waals surface area contributed by atoms with Gasteiger partial charge >= 0.3 is 0 Å². The first-order valence-electron chi connectivity index (χ1n) is 1.63. The molecule has 0 aliphatic carbocycles. The lowest BCUT2D eigenvalue weighted by Crippen LogP contribution is -3.00. The van der Waals surface area contributed by atoms with Crippen molar-refractivity contribution in [2.75, 3.05) is 13.6 Å². The van der Waals surface area contributed by atoms with E-state index in [1.165, 1.54) is 0 Å². The molecule has 0 rings (SSSR count). The Morgan fingerprint density at radius 1 is 1.83 bits per heavy atom. The first-order valence-corrected chi connectivity index (χ1v) is 1.63. The highest BCUT2D eigenvalue weighted by molar-refractivity contribution is 5.49. The molecular formula is C3H8BrNO. The second-order valence-electron chi connectivity index (χ2n) is 0.811. The van der Waals surface area contributed by atoms with Crippen molar-refractivity contribution < 1.29 is 27.1 Å². The first kappa shape index (κ1) is 9.44. The number of hydrogen-bond acceptors (Lipinski definition) is 1. The number of hydrogen-bond donors (Lipinski definition) is 1. The van der Waals surface area contributed by atoms with Gasteiger partial charge in [-0.15, -0.1) is 0 Å². The Morgan fingerprint density at radius 2 is 2.33 bits per heavy atom. The van der Waals surface area contributed by atoms with E-state index >= 15 is 0 Å². The van der Waals surface area contributed by atoms with Crippen LogP contribution in [0.3, 0.4) is 0 Å². The molecule has 0 radical (unpaired) electrons. The van der Waals surface area contributed by atoms with Gasteiger partial charge in [-0.3, -0.25) is 4.79 Å². The van der Waals surface area contributed by atoms with Gasteiger partial charge in [-0.2, -0.15) is 0 Å². The second kappa shape index (κ2) is 8.92. The molecule has 38 valence electrons. The molecule has 0 fully saturated rings. The van der Waals surface area contributed by atoms with E-state index in [9.17, 15) is 4.79 Å². The number of rotatable bonds is 2. The van der Waals surface area contributed by atoms with Crippen LogP contribution in [-0.2, 0) is 4.79 Å². The van der Waals surface area contributed by atoms with E-state index in [1.807, 2.05) is 12.4 Å². The SMILES string of the molecule is C[NH2+]CC=O.[Br-]. The zero-order valence-electron chi connectivity index (χ0n) is 3.65. The van der Waals surface area contributed by atoms with Gasteiger partial charge in [-0.25, -0.2) is 0 Å². The van der Waals surface area contributed by atoms with Gasteiger partial charge in [0.2, 0.25) is 0 Å². The van der Waals surface area contributed by atoms with E-state index < -0.39 is 0 Å². The molecule has 0 saturated heterocycles. The van der Waals surface area contributed by atoms with E-state index in [0.29, 0.717) is 6.54 Å². The molecule has 0 saturated carbocycles. The first-order chi connectivity index (χ1) is 2.41. The highest BCUT2D eigenvalue weighted by atomic mass is 79.9. The summed E-state index contributed by atoms with van der Waals surface area (Å²) in [5.41, 5.74) is 0. The summed E-state index contributed by atoms with van der Waals surface area (Å²) in [4.78, 5) is 9.37. The fraction of sp³-hybridized carbons (Fsp3) is 0.667. The number of carbonyl (C=O) groups is 1. The standard InChI is InChI=1S/C3H7NO.BrH/c1-4-2-3-5;/h3-4H,2H2,1H3;1H. The molecule has 0 heterocycles. The van der Waals surface area contributed by atoms with Gasteiger partial charge < -0.3 is 22.3 Å². The average molecular weight is 154 g/mol. The third-order valence-corrected chi connectivity index (χ3v) is 0.332. The molecule has 0 unspecified atom stereocenters. The van der Waals surface area contributed by atoms with Crippen molar-refractivity contribution in [1.29, 1.82) is 0 Å². The molecule has 2 nitrogen and oxygen atoms in total. The Hall–Kier alpha value is 0.110. The highest BCUT2D eigenvalue weighted by Gasteiger charge is 1.67. The van der Waals surface area contributed by atoms with Crippen LogP contribution in [0.2, 0.25) is 0 Å². The number of nitrogens with two attached hydrogens (primary N) is 1. The number of likely N-dealkylation sites (N-methyl/N-ethyl adjacent to an activating group) is 1. The molecular weight excluding hydrogens is 146 g/mol. The zero-order chi connectivity index (χ0) is 4.12. The Balaban J connectivity index is 0. The molecule has 0 bridgehead atoms. The average Bonchev–Trinajstić information content (AvgIpc) is 1.41. The Kier molecular flexibility index (Phi) is 14.0. The van der Waals surface area contributed by atoms with Crippen LogP contribution in [0.15, 0.2) is 0 Å². The number of halogens is 1. The zero-order valence-corrected chi connectivity index (χ0v) is 5.23. The van der Waals surface area contributed by atoms with E-state index in [4.69, 9.17) is 0 Å². The van der Waals surface area contributed by atoms with Gasteiger partial charge in [-0.1, -0.05) is 0 Å². The molecule has 0 amide bonds. The molecule has 0 aromatic heterocycles. The monoisotopic (exact) mass is 153 g/mol. The maximum Gasteiger partial charge on any atom is 0.174 e. The number of aldehydes is 1. The van der Waals surface area contributed by atoms with Crippen LogP contribution in [0.4, 0.5) is 0 Å². The Bertz CT molecular complexity index is 32.0. The van der Waals surface area contributed by atoms with Crippen molar-refractivity contribution in [3.05, 3.63) is 0 Å². The van der Waals surface area contributed by atoms with Crippen molar-refractivity contribution in [2.24, 2.45) is 0 Å². The smallest absolute Gasteiger partial charge is 0.174 e. The van der Waals surface area contributed by atoms with Crippen LogP contribution in [0.25, 0.3) is 0 Å². The lowest BCUT2D eigenvalue weighted by molar-refractivity contribution is -0.613. The summed E-state index contributed by atoms with van der Waals surface area (Å²) in [5.74, 6) is 0. The van der Waals surface area contributed by atoms with Crippen molar-refractivity contribution in [3.8, 4) is 0 Å². The maximum atomic E-state index is 9.37. The third-order valence-electron chi connectivity index (χ3n) is 0.332. The van der Waals surface area contributed by atoms with E-state index in [2.05, 4.69) is 0 Å². The molecule has 3 heteroatoms. The summed E-state index contributed by atoms with van der Waals surface area (Å²) in [6.45, 7) is 0.583. The van der Waals surface area contributed by atoms with Crippen LogP contribution in [0, 0.1) is 0 Å². The van der Waals surface area contributed by atoms with Gasteiger partial charge in [0.15, 0.2) is 6.29 Å². The summed E-state index contributed by atoms with van der Waals surface area (Å²) >= 11 is 0. The molecule has 0 spiro atoms. The van der Waals surface area contributed by atoms with Crippen LogP contribution in [-0.4, -0.2) is 19.9 Å². The summed E-state index contributed by atoms with van der Waals surface area (Å²) in [6.07, 6.45) is 0.875. The Morgan fingerprint density at radius 3 is 2.33 bits per heavy atom. The quantitative estimate of drug-likeness (QED) is 0.399. The molecule has 0 atom stereocenters. The van der Waals surface area contributed by atoms with Crippen LogP contribution < -0.4 is 22.3 Å². The van der Waals surface area contributed by atoms with Crippen molar-refractivity contribution >= 4 is 6.29 Å². The predicted octanol–water partition coefficient (Wildman–Crippen LogP) is -4.62.